The molecule has 3 aromatic rings. The van der Waals surface area contributed by atoms with Crippen molar-refractivity contribution >= 4 is 17.2 Å². The summed E-state index contributed by atoms with van der Waals surface area (Å²) in [5.41, 5.74) is 1.49. The Morgan fingerprint density at radius 1 is 1.21 bits per heavy atom. The second-order valence-corrected chi connectivity index (χ2v) is 5.73. The van der Waals surface area contributed by atoms with Crippen LogP contribution in [0.1, 0.15) is 23.6 Å². The summed E-state index contributed by atoms with van der Waals surface area (Å²) in [6, 6.07) is 12.9. The van der Waals surface area contributed by atoms with Crippen molar-refractivity contribution in [3.63, 3.8) is 0 Å². The Bertz CT molecular complexity index is 1010. The minimum Gasteiger partial charge on any atom is -0.357 e. The van der Waals surface area contributed by atoms with E-state index in [0.29, 0.717) is 5.65 Å². The molecule has 1 aliphatic carbocycles. The monoisotopic (exact) mass is 322 g/mol. The molecule has 0 amide bonds. The summed E-state index contributed by atoms with van der Waals surface area (Å²) < 4.78 is 1.19. The number of nitro groups is 1. The summed E-state index contributed by atoms with van der Waals surface area (Å²) >= 11 is 0. The zero-order valence-corrected chi connectivity index (χ0v) is 12.7. The van der Waals surface area contributed by atoms with Crippen LogP contribution in [0, 0.1) is 10.1 Å². The molecule has 24 heavy (non-hydrogen) atoms. The van der Waals surface area contributed by atoms with Gasteiger partial charge in [0.1, 0.15) is 5.65 Å². The molecule has 4 rings (SSSR count). The van der Waals surface area contributed by atoms with Gasteiger partial charge in [-0.3, -0.25) is 19.3 Å². The lowest BCUT2D eigenvalue weighted by Crippen LogP contribution is -2.22. The van der Waals surface area contributed by atoms with Crippen molar-refractivity contribution in [1.29, 1.82) is 0 Å². The van der Waals surface area contributed by atoms with Crippen molar-refractivity contribution in [2.24, 2.45) is 0 Å². The van der Waals surface area contributed by atoms with Crippen LogP contribution >= 0.6 is 0 Å². The number of aryl methyl sites for hydroxylation is 1. The number of fused-ring (bicyclic) bond motifs is 2. The van der Waals surface area contributed by atoms with Gasteiger partial charge in [-0.05, 0) is 36.1 Å². The summed E-state index contributed by atoms with van der Waals surface area (Å²) in [5, 5.41) is 14.5. The highest BCUT2D eigenvalue weighted by Gasteiger charge is 2.28. The molecule has 0 spiro atoms. The molecule has 0 saturated carbocycles. The molecular formula is C17H14N4O3. The third-order valence-corrected chi connectivity index (χ3v) is 4.34. The van der Waals surface area contributed by atoms with E-state index in [2.05, 4.69) is 10.3 Å². The van der Waals surface area contributed by atoms with E-state index in [1.165, 1.54) is 16.2 Å². The number of hydrogen-bond acceptors (Lipinski definition) is 5. The average molecular weight is 322 g/mol. The SMILES string of the molecule is O=c1c([N+](=O)[O-])c(NC2CCc3ccccc32)nc2ccccn12. The van der Waals surface area contributed by atoms with E-state index in [4.69, 9.17) is 0 Å². The Kier molecular flexibility index (Phi) is 3.26. The molecule has 0 saturated heterocycles. The number of rotatable bonds is 3. The van der Waals surface area contributed by atoms with E-state index in [-0.39, 0.29) is 11.9 Å². The number of nitrogens with one attached hydrogen (secondary N) is 1. The van der Waals surface area contributed by atoms with Gasteiger partial charge in [-0.15, -0.1) is 0 Å². The van der Waals surface area contributed by atoms with Gasteiger partial charge in [-0.1, -0.05) is 30.3 Å². The Morgan fingerprint density at radius 3 is 2.83 bits per heavy atom. The summed E-state index contributed by atoms with van der Waals surface area (Å²) in [6.45, 7) is 0. The maximum Gasteiger partial charge on any atom is 0.376 e. The van der Waals surface area contributed by atoms with Gasteiger partial charge < -0.3 is 5.32 Å². The first-order chi connectivity index (χ1) is 11.6. The molecule has 7 nitrogen and oxygen atoms in total. The quantitative estimate of drug-likeness (QED) is 0.591. The molecule has 1 aliphatic rings. The van der Waals surface area contributed by atoms with E-state index >= 15 is 0 Å². The van der Waals surface area contributed by atoms with Gasteiger partial charge >= 0.3 is 11.2 Å². The highest BCUT2D eigenvalue weighted by Crippen LogP contribution is 2.34. The molecule has 7 heteroatoms. The number of nitrogens with zero attached hydrogens (tertiary/aromatic N) is 3. The highest BCUT2D eigenvalue weighted by molar-refractivity contribution is 5.61. The molecule has 1 unspecified atom stereocenters. The normalized spacial score (nSPS) is 16.1. The molecule has 0 fully saturated rings. The van der Waals surface area contributed by atoms with Crippen LogP contribution in [-0.4, -0.2) is 14.3 Å². The van der Waals surface area contributed by atoms with Gasteiger partial charge in [0.25, 0.3) is 0 Å². The third-order valence-electron chi connectivity index (χ3n) is 4.34. The fraction of sp³-hybridized carbons (Fsp3) is 0.176. The maximum atomic E-state index is 12.5. The molecule has 0 bridgehead atoms. The molecule has 2 heterocycles. The summed E-state index contributed by atoms with van der Waals surface area (Å²) in [7, 11) is 0. The van der Waals surface area contributed by atoms with Crippen LogP contribution in [0.2, 0.25) is 0 Å². The lowest BCUT2D eigenvalue weighted by atomic mass is 10.1. The first kappa shape index (κ1) is 14.4. The zero-order valence-electron chi connectivity index (χ0n) is 12.7. The van der Waals surface area contributed by atoms with E-state index in [1.54, 1.807) is 18.2 Å². The Hall–Kier alpha value is -3.22. The van der Waals surface area contributed by atoms with Crippen LogP contribution in [-0.2, 0) is 6.42 Å². The minimum atomic E-state index is -0.681. The number of benzene rings is 1. The maximum absolute atomic E-state index is 12.5. The second-order valence-electron chi connectivity index (χ2n) is 5.73. The lowest BCUT2D eigenvalue weighted by Gasteiger charge is -2.15. The molecule has 0 aliphatic heterocycles. The van der Waals surface area contributed by atoms with Crippen molar-refractivity contribution in [2.45, 2.75) is 18.9 Å². The molecule has 2 aromatic heterocycles. The van der Waals surface area contributed by atoms with Crippen LogP contribution in [0.15, 0.2) is 53.5 Å². The van der Waals surface area contributed by atoms with Crippen molar-refractivity contribution in [3.05, 3.63) is 80.3 Å². The van der Waals surface area contributed by atoms with E-state index in [1.807, 2.05) is 24.3 Å². The zero-order chi connectivity index (χ0) is 16.7. The summed E-state index contributed by atoms with van der Waals surface area (Å²) in [5.74, 6) is 0.0258. The highest BCUT2D eigenvalue weighted by atomic mass is 16.6. The van der Waals surface area contributed by atoms with E-state index in [0.717, 1.165) is 18.4 Å². The standard InChI is InChI=1S/C17H14N4O3/c22-17-15(21(23)24)16(19-14-7-3-4-10-20(14)17)18-13-9-8-11-5-1-2-6-12(11)13/h1-7,10,13,18H,8-9H2. The first-order valence-electron chi connectivity index (χ1n) is 7.65. The van der Waals surface area contributed by atoms with Gasteiger partial charge in [-0.2, -0.15) is 0 Å². The van der Waals surface area contributed by atoms with Crippen molar-refractivity contribution in [2.75, 3.05) is 5.32 Å². The number of anilines is 1. The average Bonchev–Trinajstić information content (AvgIpc) is 2.98. The summed E-state index contributed by atoms with van der Waals surface area (Å²) in [6.07, 6.45) is 3.19. The van der Waals surface area contributed by atoms with Crippen molar-refractivity contribution in [3.8, 4) is 0 Å². The molecule has 1 aromatic carbocycles. The molecule has 0 radical (unpaired) electrons. The number of hydrogen-bond donors (Lipinski definition) is 1. The number of pyridine rings is 1. The predicted molar refractivity (Wildman–Crippen MR) is 89.2 cm³/mol. The first-order valence-corrected chi connectivity index (χ1v) is 7.65. The Balaban J connectivity index is 1.84. The molecule has 1 atom stereocenters. The van der Waals surface area contributed by atoms with Gasteiger partial charge in [0.05, 0.1) is 11.0 Å². The third kappa shape index (κ3) is 2.21. The Labute approximate surface area is 136 Å². The van der Waals surface area contributed by atoms with Crippen LogP contribution in [0.25, 0.3) is 5.65 Å². The molecule has 120 valence electrons. The van der Waals surface area contributed by atoms with Gasteiger partial charge in [0, 0.05) is 6.20 Å². The second kappa shape index (κ2) is 5.45. The number of aromatic nitrogens is 2. The van der Waals surface area contributed by atoms with Gasteiger partial charge in [-0.25, -0.2) is 4.98 Å². The van der Waals surface area contributed by atoms with Gasteiger partial charge in [0.15, 0.2) is 0 Å². The lowest BCUT2D eigenvalue weighted by molar-refractivity contribution is -0.385. The van der Waals surface area contributed by atoms with Crippen LogP contribution in [0.5, 0.6) is 0 Å². The molecule has 1 N–H and O–H groups in total. The molecular weight excluding hydrogens is 308 g/mol. The topological polar surface area (TPSA) is 89.5 Å². The predicted octanol–water partition coefficient (Wildman–Crippen LogP) is 2.70. The van der Waals surface area contributed by atoms with E-state index in [9.17, 15) is 14.9 Å². The van der Waals surface area contributed by atoms with Crippen LogP contribution < -0.4 is 10.9 Å². The van der Waals surface area contributed by atoms with Crippen LogP contribution in [0.4, 0.5) is 11.5 Å². The van der Waals surface area contributed by atoms with Gasteiger partial charge in [0.2, 0.25) is 5.82 Å². The largest absolute Gasteiger partial charge is 0.376 e. The van der Waals surface area contributed by atoms with Crippen molar-refractivity contribution < 1.29 is 4.92 Å². The Morgan fingerprint density at radius 2 is 2.00 bits per heavy atom. The summed E-state index contributed by atoms with van der Waals surface area (Å²) in [4.78, 5) is 27.5. The fourth-order valence-electron chi connectivity index (χ4n) is 3.22. The van der Waals surface area contributed by atoms with Crippen LogP contribution in [0.3, 0.4) is 0 Å². The van der Waals surface area contributed by atoms with Crippen molar-refractivity contribution in [1.82, 2.24) is 9.38 Å². The fourth-order valence-corrected chi connectivity index (χ4v) is 3.22. The van der Waals surface area contributed by atoms with E-state index < -0.39 is 16.2 Å². The smallest absolute Gasteiger partial charge is 0.357 e. The minimum absolute atomic E-state index is 0.0258.